The summed E-state index contributed by atoms with van der Waals surface area (Å²) in [7, 11) is 0. The van der Waals surface area contributed by atoms with E-state index in [0.29, 0.717) is 6.42 Å². The first-order chi connectivity index (χ1) is 11.9. The first-order valence-corrected chi connectivity index (χ1v) is 8.91. The molecule has 1 aromatic heterocycles. The lowest BCUT2D eigenvalue weighted by Crippen LogP contribution is -2.17. The van der Waals surface area contributed by atoms with Crippen molar-refractivity contribution >= 4 is 5.97 Å². The van der Waals surface area contributed by atoms with Gasteiger partial charge in [-0.2, -0.15) is 0 Å². The van der Waals surface area contributed by atoms with E-state index in [4.69, 9.17) is 4.74 Å². The summed E-state index contributed by atoms with van der Waals surface area (Å²) in [5.74, 6) is 0.128. The van der Waals surface area contributed by atoms with E-state index in [9.17, 15) is 4.79 Å². The van der Waals surface area contributed by atoms with E-state index in [0.717, 1.165) is 11.1 Å². The van der Waals surface area contributed by atoms with Crippen molar-refractivity contribution < 1.29 is 9.53 Å². The molecule has 1 aromatic carbocycles. The number of H-pyrrole nitrogens is 1. The van der Waals surface area contributed by atoms with Crippen molar-refractivity contribution in [2.24, 2.45) is 17.3 Å². The first kappa shape index (κ1) is 17.5. The van der Waals surface area contributed by atoms with Crippen LogP contribution in [0.15, 0.2) is 60.4 Å². The van der Waals surface area contributed by atoms with Crippen LogP contribution in [0.25, 0.3) is 0 Å². The first-order valence-electron chi connectivity index (χ1n) is 8.91. The molecule has 3 nitrogen and oxygen atoms in total. The maximum atomic E-state index is 12.8. The van der Waals surface area contributed by atoms with Crippen LogP contribution in [0.3, 0.4) is 0 Å². The molecule has 1 saturated carbocycles. The van der Waals surface area contributed by atoms with Gasteiger partial charge in [0.15, 0.2) is 0 Å². The zero-order valence-corrected chi connectivity index (χ0v) is 15.5. The maximum absolute atomic E-state index is 12.8. The lowest BCUT2D eigenvalue weighted by Gasteiger charge is -2.18. The predicted molar refractivity (Wildman–Crippen MR) is 100.0 cm³/mol. The number of benzene rings is 1. The molecule has 0 aliphatic heterocycles. The molecular weight excluding hydrogens is 310 g/mol. The molecule has 0 saturated heterocycles. The molecule has 132 valence electrons. The third-order valence-electron chi connectivity index (χ3n) is 5.19. The summed E-state index contributed by atoms with van der Waals surface area (Å²) in [4.78, 5) is 15.9. The Morgan fingerprint density at radius 1 is 1.24 bits per heavy atom. The van der Waals surface area contributed by atoms with Gasteiger partial charge in [0.1, 0.15) is 6.10 Å². The number of allylic oxidation sites excluding steroid dienone is 2. The number of carbonyl (C=O) groups is 1. The maximum Gasteiger partial charge on any atom is 0.310 e. The van der Waals surface area contributed by atoms with E-state index >= 15 is 0 Å². The van der Waals surface area contributed by atoms with Gasteiger partial charge in [0, 0.05) is 24.4 Å². The second-order valence-corrected chi connectivity index (χ2v) is 7.83. The van der Waals surface area contributed by atoms with Crippen molar-refractivity contribution in [2.45, 2.75) is 40.2 Å². The van der Waals surface area contributed by atoms with Crippen molar-refractivity contribution in [3.05, 3.63) is 71.6 Å². The summed E-state index contributed by atoms with van der Waals surface area (Å²) in [6.45, 7) is 8.45. The van der Waals surface area contributed by atoms with Crippen LogP contribution in [0.1, 0.15) is 44.9 Å². The van der Waals surface area contributed by atoms with E-state index in [1.807, 2.05) is 36.7 Å². The van der Waals surface area contributed by atoms with E-state index in [-0.39, 0.29) is 29.3 Å². The van der Waals surface area contributed by atoms with Gasteiger partial charge in [0.2, 0.25) is 0 Å². The van der Waals surface area contributed by atoms with Gasteiger partial charge >= 0.3 is 5.97 Å². The zero-order chi connectivity index (χ0) is 18.0. The summed E-state index contributed by atoms with van der Waals surface area (Å²) in [5, 5.41) is 0. The monoisotopic (exact) mass is 337 g/mol. The molecule has 3 atom stereocenters. The molecule has 3 rings (SSSR count). The van der Waals surface area contributed by atoms with Gasteiger partial charge < -0.3 is 9.72 Å². The Bertz CT molecular complexity index is 740. The van der Waals surface area contributed by atoms with Crippen LogP contribution in [-0.2, 0) is 16.0 Å². The lowest BCUT2D eigenvalue weighted by molar-refractivity contribution is -0.152. The Balaban J connectivity index is 1.75. The van der Waals surface area contributed by atoms with Crippen molar-refractivity contribution in [3.63, 3.8) is 0 Å². The molecule has 25 heavy (non-hydrogen) atoms. The van der Waals surface area contributed by atoms with Crippen LogP contribution < -0.4 is 0 Å². The molecule has 3 unspecified atom stereocenters. The molecular formula is C22H27NO2. The minimum absolute atomic E-state index is 0.0240. The molecule has 0 radical (unpaired) electrons. The Morgan fingerprint density at radius 3 is 2.56 bits per heavy atom. The summed E-state index contributed by atoms with van der Waals surface area (Å²) in [6, 6.07) is 12.1. The Kier molecular flexibility index (Phi) is 4.85. The predicted octanol–water partition coefficient (Wildman–Crippen LogP) is 5.08. The molecule has 1 aliphatic rings. The van der Waals surface area contributed by atoms with Gasteiger partial charge in [-0.3, -0.25) is 4.79 Å². The lowest BCUT2D eigenvalue weighted by atomic mass is 10.0. The van der Waals surface area contributed by atoms with E-state index in [1.54, 1.807) is 0 Å². The molecule has 1 N–H and O–H groups in total. The molecule has 1 fully saturated rings. The summed E-state index contributed by atoms with van der Waals surface area (Å²) < 4.78 is 5.98. The summed E-state index contributed by atoms with van der Waals surface area (Å²) in [5.41, 5.74) is 3.40. The van der Waals surface area contributed by atoms with Gasteiger partial charge in [-0.1, -0.05) is 55.8 Å². The van der Waals surface area contributed by atoms with E-state index in [1.165, 1.54) is 5.57 Å². The summed E-state index contributed by atoms with van der Waals surface area (Å²) >= 11 is 0. The van der Waals surface area contributed by atoms with Crippen LogP contribution in [0, 0.1) is 17.3 Å². The van der Waals surface area contributed by atoms with Gasteiger partial charge in [-0.05, 0) is 36.8 Å². The third kappa shape index (κ3) is 3.87. The molecule has 0 amide bonds. The van der Waals surface area contributed by atoms with Crippen LogP contribution in [0.2, 0.25) is 0 Å². The fraction of sp³-hybridized carbons (Fsp3) is 0.409. The van der Waals surface area contributed by atoms with E-state index in [2.05, 4.69) is 50.9 Å². The fourth-order valence-electron chi connectivity index (χ4n) is 3.60. The number of carbonyl (C=O) groups excluding carboxylic acids is 1. The Labute approximate surface area is 150 Å². The average molecular weight is 337 g/mol. The molecule has 0 bridgehead atoms. The van der Waals surface area contributed by atoms with Crippen molar-refractivity contribution in [2.75, 3.05) is 0 Å². The highest BCUT2D eigenvalue weighted by Crippen LogP contribution is 2.60. The molecule has 3 heteroatoms. The van der Waals surface area contributed by atoms with E-state index < -0.39 is 0 Å². The number of aromatic nitrogens is 1. The number of nitrogens with one attached hydrogen (secondary N) is 1. The molecule has 2 aromatic rings. The third-order valence-corrected chi connectivity index (χ3v) is 5.19. The normalized spacial score (nSPS) is 22.1. The minimum Gasteiger partial charge on any atom is -0.457 e. The summed E-state index contributed by atoms with van der Waals surface area (Å²) in [6.07, 6.45) is 6.41. The van der Waals surface area contributed by atoms with Gasteiger partial charge in [-0.15, -0.1) is 0 Å². The van der Waals surface area contributed by atoms with Crippen LogP contribution in [-0.4, -0.2) is 11.0 Å². The average Bonchev–Trinajstić information content (AvgIpc) is 2.94. The highest BCUT2D eigenvalue weighted by atomic mass is 16.5. The Hall–Kier alpha value is -2.29. The number of hydrogen-bond acceptors (Lipinski definition) is 2. The molecule has 1 heterocycles. The molecule has 1 aliphatic carbocycles. The SMILES string of the molecule is CC(C)=CC1C(C(=O)OC(Cc2ccccc2)c2cc[nH]c2)C1(C)C. The second kappa shape index (κ2) is 6.91. The zero-order valence-electron chi connectivity index (χ0n) is 15.5. The highest BCUT2D eigenvalue weighted by molar-refractivity contribution is 5.78. The largest absolute Gasteiger partial charge is 0.457 e. The topological polar surface area (TPSA) is 42.1 Å². The van der Waals surface area contributed by atoms with Crippen molar-refractivity contribution in [3.8, 4) is 0 Å². The second-order valence-electron chi connectivity index (χ2n) is 7.83. The number of hydrogen-bond donors (Lipinski definition) is 1. The van der Waals surface area contributed by atoms with Crippen LogP contribution in [0.4, 0.5) is 0 Å². The van der Waals surface area contributed by atoms with Gasteiger partial charge in [-0.25, -0.2) is 0 Å². The van der Waals surface area contributed by atoms with Crippen LogP contribution >= 0.6 is 0 Å². The number of rotatable bonds is 6. The Morgan fingerprint density at radius 2 is 1.96 bits per heavy atom. The van der Waals surface area contributed by atoms with Gasteiger partial charge in [0.25, 0.3) is 0 Å². The number of esters is 1. The quantitative estimate of drug-likeness (QED) is 0.590. The fourth-order valence-corrected chi connectivity index (χ4v) is 3.60. The standard InChI is InChI=1S/C22H27NO2/c1-15(2)12-18-20(22(18,3)4)21(24)25-19(17-10-11-23-14-17)13-16-8-6-5-7-9-16/h5-12,14,18-20,23H,13H2,1-4H3. The smallest absolute Gasteiger partial charge is 0.310 e. The number of ether oxygens (including phenoxy) is 1. The van der Waals surface area contributed by atoms with Gasteiger partial charge in [0.05, 0.1) is 5.92 Å². The van der Waals surface area contributed by atoms with Crippen molar-refractivity contribution in [1.29, 1.82) is 0 Å². The highest BCUT2D eigenvalue weighted by Gasteiger charge is 2.61. The number of aromatic amines is 1. The van der Waals surface area contributed by atoms with Crippen molar-refractivity contribution in [1.82, 2.24) is 4.98 Å². The molecule has 0 spiro atoms. The van der Waals surface area contributed by atoms with Crippen LogP contribution in [0.5, 0.6) is 0 Å². The minimum atomic E-state index is -0.259.